The van der Waals surface area contributed by atoms with Crippen LogP contribution in [0.3, 0.4) is 0 Å². The Labute approximate surface area is 118 Å². The van der Waals surface area contributed by atoms with E-state index in [1.165, 1.54) is 6.20 Å². The summed E-state index contributed by atoms with van der Waals surface area (Å²) in [6.07, 6.45) is 1.48. The molecule has 19 heavy (non-hydrogen) atoms. The van der Waals surface area contributed by atoms with Crippen LogP contribution in [0.25, 0.3) is 0 Å². The summed E-state index contributed by atoms with van der Waals surface area (Å²) in [5.74, 6) is -0.449. The summed E-state index contributed by atoms with van der Waals surface area (Å²) in [6, 6.07) is 3.15. The van der Waals surface area contributed by atoms with Gasteiger partial charge >= 0.3 is 0 Å². The highest BCUT2D eigenvalue weighted by Crippen LogP contribution is 2.17. The zero-order chi connectivity index (χ0) is 13.8. The van der Waals surface area contributed by atoms with Crippen LogP contribution < -0.4 is 5.32 Å². The van der Waals surface area contributed by atoms with Crippen LogP contribution in [0.1, 0.15) is 10.4 Å². The first-order chi connectivity index (χ1) is 9.09. The molecule has 0 saturated carbocycles. The van der Waals surface area contributed by atoms with Crippen LogP contribution in [-0.2, 0) is 4.79 Å². The molecule has 0 spiro atoms. The molecule has 1 aromatic heterocycles. The third kappa shape index (κ3) is 3.24. The van der Waals surface area contributed by atoms with Crippen molar-refractivity contribution in [2.45, 2.75) is 0 Å². The molecule has 8 heteroatoms. The molecule has 100 valence electrons. The van der Waals surface area contributed by atoms with E-state index in [4.69, 9.17) is 11.6 Å². The number of hydrogen-bond donors (Lipinski definition) is 1. The number of thioether (sulfide) groups is 1. The van der Waals surface area contributed by atoms with Crippen molar-refractivity contribution in [1.82, 2.24) is 15.2 Å². The van der Waals surface area contributed by atoms with Gasteiger partial charge in [-0.3, -0.25) is 19.3 Å². The average Bonchev–Trinajstić information content (AvgIpc) is 2.70. The molecule has 1 aromatic rings. The predicted octanol–water partition coefficient (Wildman–Crippen LogP) is 1.16. The van der Waals surface area contributed by atoms with E-state index in [-0.39, 0.29) is 46.6 Å². The maximum Gasteiger partial charge on any atom is 0.288 e. The summed E-state index contributed by atoms with van der Waals surface area (Å²) in [5, 5.41) is 2.42. The minimum atomic E-state index is -0.384. The standard InChI is InChI=1S/C11H10ClN3O3S/c12-9-7(2-1-3-13-9)10(17)14-4-5-15-8(16)6-19-11(15)18/h1-3H,4-6H2,(H,14,17). The fourth-order valence-corrected chi connectivity index (χ4v) is 2.49. The van der Waals surface area contributed by atoms with Crippen LogP contribution in [0, 0.1) is 0 Å². The number of hydrogen-bond acceptors (Lipinski definition) is 5. The Balaban J connectivity index is 1.86. The number of nitrogens with one attached hydrogen (secondary N) is 1. The van der Waals surface area contributed by atoms with E-state index in [1.54, 1.807) is 12.1 Å². The zero-order valence-electron chi connectivity index (χ0n) is 9.76. The molecule has 0 unspecified atom stereocenters. The lowest BCUT2D eigenvalue weighted by atomic mass is 10.2. The van der Waals surface area contributed by atoms with Crippen LogP contribution in [-0.4, -0.2) is 45.8 Å². The first kappa shape index (κ1) is 13.8. The molecule has 1 aliphatic rings. The monoisotopic (exact) mass is 299 g/mol. The molecule has 1 fully saturated rings. The van der Waals surface area contributed by atoms with Crippen molar-refractivity contribution in [2.75, 3.05) is 18.8 Å². The van der Waals surface area contributed by atoms with Crippen LogP contribution in [0.15, 0.2) is 18.3 Å². The van der Waals surface area contributed by atoms with Crippen molar-refractivity contribution in [3.63, 3.8) is 0 Å². The molecule has 1 N–H and O–H groups in total. The number of pyridine rings is 1. The van der Waals surface area contributed by atoms with Crippen LogP contribution >= 0.6 is 23.4 Å². The summed E-state index contributed by atoms with van der Waals surface area (Å²) >= 11 is 6.74. The summed E-state index contributed by atoms with van der Waals surface area (Å²) in [6.45, 7) is 0.344. The van der Waals surface area contributed by atoms with Crippen molar-refractivity contribution in [3.05, 3.63) is 29.0 Å². The highest BCUT2D eigenvalue weighted by molar-refractivity contribution is 8.14. The lowest BCUT2D eigenvalue weighted by Gasteiger charge is -2.13. The van der Waals surface area contributed by atoms with Gasteiger partial charge in [-0.05, 0) is 12.1 Å². The molecule has 0 bridgehead atoms. The molecule has 2 heterocycles. The first-order valence-electron chi connectivity index (χ1n) is 5.45. The lowest BCUT2D eigenvalue weighted by Crippen LogP contribution is -2.37. The third-order valence-corrected chi connectivity index (χ3v) is 3.63. The lowest BCUT2D eigenvalue weighted by molar-refractivity contribution is -0.124. The molecular weight excluding hydrogens is 290 g/mol. The summed E-state index contributed by atoms with van der Waals surface area (Å²) in [4.78, 5) is 39.3. The number of nitrogens with zero attached hydrogens (tertiary/aromatic N) is 2. The highest BCUT2D eigenvalue weighted by Gasteiger charge is 2.29. The maximum atomic E-state index is 11.8. The van der Waals surface area contributed by atoms with Gasteiger partial charge in [-0.15, -0.1) is 0 Å². The first-order valence-corrected chi connectivity index (χ1v) is 6.82. The normalized spacial score (nSPS) is 14.9. The summed E-state index contributed by atoms with van der Waals surface area (Å²) in [7, 11) is 0. The highest BCUT2D eigenvalue weighted by atomic mass is 35.5. The fraction of sp³-hybridized carbons (Fsp3) is 0.273. The van der Waals surface area contributed by atoms with Crippen LogP contribution in [0.5, 0.6) is 0 Å². The number of halogens is 1. The number of rotatable bonds is 4. The number of carbonyl (C=O) groups excluding carboxylic acids is 3. The number of imide groups is 1. The van der Waals surface area contributed by atoms with Crippen molar-refractivity contribution in [3.8, 4) is 0 Å². The van der Waals surface area contributed by atoms with Crippen molar-refractivity contribution < 1.29 is 14.4 Å². The Hall–Kier alpha value is -1.60. The van der Waals surface area contributed by atoms with Gasteiger partial charge in [0.15, 0.2) is 0 Å². The third-order valence-electron chi connectivity index (χ3n) is 2.47. The predicted molar refractivity (Wildman–Crippen MR) is 71.1 cm³/mol. The van der Waals surface area contributed by atoms with Gasteiger partial charge in [-0.2, -0.15) is 0 Å². The Kier molecular flexibility index (Phi) is 4.39. The van der Waals surface area contributed by atoms with Gasteiger partial charge in [-0.1, -0.05) is 23.4 Å². The molecule has 0 aromatic carbocycles. The van der Waals surface area contributed by atoms with Gasteiger partial charge in [0.1, 0.15) is 5.15 Å². The molecule has 0 atom stereocenters. The van der Waals surface area contributed by atoms with Gasteiger partial charge in [0.25, 0.3) is 11.1 Å². The quantitative estimate of drug-likeness (QED) is 0.844. The molecule has 2 rings (SSSR count). The number of amides is 3. The Bertz CT molecular complexity index is 522. The van der Waals surface area contributed by atoms with Crippen molar-refractivity contribution >= 4 is 40.4 Å². The Morgan fingerprint density at radius 3 is 2.95 bits per heavy atom. The molecule has 1 aliphatic heterocycles. The minimum absolute atomic E-state index is 0.115. The van der Waals surface area contributed by atoms with Gasteiger partial charge in [-0.25, -0.2) is 4.98 Å². The smallest absolute Gasteiger partial charge is 0.288 e. The van der Waals surface area contributed by atoms with Gasteiger partial charge in [0.2, 0.25) is 5.91 Å². The summed E-state index contributed by atoms with van der Waals surface area (Å²) < 4.78 is 0. The maximum absolute atomic E-state index is 11.8. The molecule has 6 nitrogen and oxygen atoms in total. The van der Waals surface area contributed by atoms with Crippen LogP contribution in [0.2, 0.25) is 5.15 Å². The minimum Gasteiger partial charge on any atom is -0.350 e. The van der Waals surface area contributed by atoms with Gasteiger partial charge < -0.3 is 5.32 Å². The SMILES string of the molecule is O=C(NCCN1C(=O)CSC1=O)c1cccnc1Cl. The number of carbonyl (C=O) groups is 3. The second kappa shape index (κ2) is 6.03. The van der Waals surface area contributed by atoms with E-state index in [1.807, 2.05) is 0 Å². The Morgan fingerprint density at radius 2 is 2.32 bits per heavy atom. The zero-order valence-corrected chi connectivity index (χ0v) is 11.3. The average molecular weight is 300 g/mol. The van der Waals surface area contributed by atoms with Crippen LogP contribution in [0.4, 0.5) is 4.79 Å². The summed E-state index contributed by atoms with van der Waals surface area (Å²) in [5.41, 5.74) is 0.262. The molecule has 3 amide bonds. The van der Waals surface area contributed by atoms with E-state index in [0.29, 0.717) is 0 Å². The van der Waals surface area contributed by atoms with E-state index >= 15 is 0 Å². The van der Waals surface area contributed by atoms with E-state index in [9.17, 15) is 14.4 Å². The van der Waals surface area contributed by atoms with Gasteiger partial charge in [0, 0.05) is 19.3 Å². The second-order valence-electron chi connectivity index (χ2n) is 3.70. The largest absolute Gasteiger partial charge is 0.350 e. The van der Waals surface area contributed by atoms with E-state index < -0.39 is 0 Å². The van der Waals surface area contributed by atoms with Crippen molar-refractivity contribution in [2.24, 2.45) is 0 Å². The Morgan fingerprint density at radius 1 is 1.53 bits per heavy atom. The number of aromatic nitrogens is 1. The van der Waals surface area contributed by atoms with Crippen molar-refractivity contribution in [1.29, 1.82) is 0 Å². The topological polar surface area (TPSA) is 79.4 Å². The molecule has 0 radical (unpaired) electrons. The van der Waals surface area contributed by atoms with Gasteiger partial charge in [0.05, 0.1) is 11.3 Å². The molecule has 1 saturated heterocycles. The molecular formula is C11H10ClN3O3S. The molecule has 0 aliphatic carbocycles. The van der Waals surface area contributed by atoms with E-state index in [0.717, 1.165) is 16.7 Å². The second-order valence-corrected chi connectivity index (χ2v) is 4.98. The fourth-order valence-electron chi connectivity index (χ4n) is 1.53. The van der Waals surface area contributed by atoms with E-state index in [2.05, 4.69) is 10.3 Å².